The van der Waals surface area contributed by atoms with Gasteiger partial charge in [0, 0.05) is 48.6 Å². The molecule has 2 aliphatic rings. The molecule has 37 heavy (non-hydrogen) atoms. The van der Waals surface area contributed by atoms with Crippen LogP contribution < -0.4 is 10.2 Å². The second kappa shape index (κ2) is 10.5. The van der Waals surface area contributed by atoms with Crippen molar-refractivity contribution in [2.24, 2.45) is 5.92 Å². The highest BCUT2D eigenvalue weighted by molar-refractivity contribution is 7.92. The fourth-order valence-electron chi connectivity index (χ4n) is 4.63. The maximum absolute atomic E-state index is 13.2. The summed E-state index contributed by atoms with van der Waals surface area (Å²) in [5.41, 5.74) is 1.04. The molecule has 3 aromatic rings. The highest BCUT2D eigenvalue weighted by Gasteiger charge is 2.35. The van der Waals surface area contributed by atoms with Gasteiger partial charge in [-0.15, -0.1) is 5.10 Å². The number of rotatable bonds is 6. The van der Waals surface area contributed by atoms with E-state index in [1.165, 1.54) is 12.1 Å². The number of sulfone groups is 1. The number of piperidine rings is 1. The van der Waals surface area contributed by atoms with E-state index in [1.54, 1.807) is 53.6 Å². The molecule has 0 atom stereocenters. The van der Waals surface area contributed by atoms with Gasteiger partial charge in [0.15, 0.2) is 15.7 Å². The van der Waals surface area contributed by atoms with Crippen LogP contribution in [0.4, 0.5) is 11.5 Å². The molecule has 2 aromatic carbocycles. The van der Waals surface area contributed by atoms with Crippen LogP contribution >= 0.6 is 11.6 Å². The van der Waals surface area contributed by atoms with E-state index >= 15 is 0 Å². The number of hydrogen-bond donors (Lipinski definition) is 1. The van der Waals surface area contributed by atoms with E-state index < -0.39 is 15.1 Å². The van der Waals surface area contributed by atoms with Crippen molar-refractivity contribution in [2.75, 3.05) is 36.4 Å². The molecule has 0 radical (unpaired) electrons. The lowest BCUT2D eigenvalue weighted by atomic mass is 9.99. The summed E-state index contributed by atoms with van der Waals surface area (Å²) >= 11 is 5.99. The monoisotopic (exact) mass is 539 g/mol. The molecule has 3 heterocycles. The first-order valence-corrected chi connectivity index (χ1v) is 14.0. The molecule has 0 spiro atoms. The third-order valence-electron chi connectivity index (χ3n) is 6.82. The van der Waals surface area contributed by atoms with E-state index in [0.29, 0.717) is 55.3 Å². The molecule has 1 N–H and O–H groups in total. The van der Waals surface area contributed by atoms with Crippen LogP contribution in [0.1, 0.15) is 23.2 Å². The molecule has 11 heteroatoms. The summed E-state index contributed by atoms with van der Waals surface area (Å²) in [7, 11) is -3.57. The third-order valence-corrected chi connectivity index (χ3v) is 9.34. The van der Waals surface area contributed by atoms with Crippen LogP contribution in [0.15, 0.2) is 71.8 Å². The van der Waals surface area contributed by atoms with Crippen molar-refractivity contribution in [1.82, 2.24) is 15.1 Å². The van der Waals surface area contributed by atoms with Crippen molar-refractivity contribution in [3.63, 3.8) is 0 Å². The van der Waals surface area contributed by atoms with Gasteiger partial charge in [-0.25, -0.2) is 8.42 Å². The Hall–Kier alpha value is -3.50. The number of carbonyl (C=O) groups is 2. The van der Waals surface area contributed by atoms with Gasteiger partial charge in [-0.2, -0.15) is 5.10 Å². The van der Waals surface area contributed by atoms with Crippen LogP contribution in [0.25, 0.3) is 0 Å². The van der Waals surface area contributed by atoms with Gasteiger partial charge in [-0.05, 0) is 67.4 Å². The molecule has 5 rings (SSSR count). The van der Waals surface area contributed by atoms with Crippen molar-refractivity contribution in [3.05, 3.63) is 77.4 Å². The van der Waals surface area contributed by atoms with Gasteiger partial charge >= 0.3 is 0 Å². The number of amides is 2. The van der Waals surface area contributed by atoms with Crippen molar-refractivity contribution in [3.8, 4) is 0 Å². The number of hydrogen-bond acceptors (Lipinski definition) is 7. The average Bonchev–Trinajstić information content (AvgIpc) is 2.88. The molecule has 0 aliphatic carbocycles. The average molecular weight is 540 g/mol. The highest BCUT2D eigenvalue weighted by atomic mass is 35.5. The summed E-state index contributed by atoms with van der Waals surface area (Å²) in [6.07, 6.45) is 2.32. The van der Waals surface area contributed by atoms with Gasteiger partial charge < -0.3 is 15.1 Å². The summed E-state index contributed by atoms with van der Waals surface area (Å²) in [5.74, 6) is 0.295. The lowest BCUT2D eigenvalue weighted by molar-refractivity contribution is -0.120. The van der Waals surface area contributed by atoms with E-state index in [0.717, 1.165) is 5.82 Å². The normalized spacial score (nSPS) is 16.8. The molecule has 0 bridgehead atoms. The van der Waals surface area contributed by atoms with Gasteiger partial charge in [0.25, 0.3) is 5.91 Å². The number of halogens is 1. The Bertz CT molecular complexity index is 1390. The summed E-state index contributed by atoms with van der Waals surface area (Å²) in [4.78, 5) is 29.2. The van der Waals surface area contributed by atoms with Crippen LogP contribution in [-0.4, -0.2) is 66.8 Å². The summed E-state index contributed by atoms with van der Waals surface area (Å²) in [5, 5.41) is 10.7. The highest BCUT2D eigenvalue weighted by Crippen LogP contribution is 2.28. The lowest BCUT2D eigenvalue weighted by Crippen LogP contribution is -2.52. The quantitative estimate of drug-likeness (QED) is 0.511. The van der Waals surface area contributed by atoms with E-state index in [-0.39, 0.29) is 22.6 Å². The second-order valence-corrected chi connectivity index (χ2v) is 11.9. The van der Waals surface area contributed by atoms with Gasteiger partial charge in [0.1, 0.15) is 0 Å². The molecule has 192 valence electrons. The van der Waals surface area contributed by atoms with E-state index in [1.807, 2.05) is 11.0 Å². The number of nitrogens with one attached hydrogen (secondary N) is 1. The van der Waals surface area contributed by atoms with Crippen LogP contribution in [0, 0.1) is 5.92 Å². The Morgan fingerprint density at radius 1 is 0.973 bits per heavy atom. The number of likely N-dealkylation sites (tertiary alicyclic amines) is 1. The Morgan fingerprint density at radius 2 is 1.70 bits per heavy atom. The van der Waals surface area contributed by atoms with Crippen molar-refractivity contribution in [1.29, 1.82) is 0 Å². The third kappa shape index (κ3) is 5.45. The molecule has 2 amide bonds. The van der Waals surface area contributed by atoms with Crippen LogP contribution in [-0.2, 0) is 14.6 Å². The number of nitrogens with zero attached hydrogens (tertiary/aromatic N) is 4. The van der Waals surface area contributed by atoms with Crippen LogP contribution in [0.5, 0.6) is 0 Å². The zero-order chi connectivity index (χ0) is 26.0. The molecule has 0 saturated carbocycles. The minimum Gasteiger partial charge on any atom is -0.353 e. The summed E-state index contributed by atoms with van der Waals surface area (Å²) in [6.45, 7) is 1.82. The Morgan fingerprint density at radius 3 is 2.35 bits per heavy atom. The fraction of sp³-hybridized carbons (Fsp3) is 0.308. The zero-order valence-electron chi connectivity index (χ0n) is 20.0. The van der Waals surface area contributed by atoms with E-state index in [9.17, 15) is 18.0 Å². The fourth-order valence-corrected chi connectivity index (χ4v) is 6.55. The largest absolute Gasteiger partial charge is 0.353 e. The van der Waals surface area contributed by atoms with Gasteiger partial charge in [-0.1, -0.05) is 17.7 Å². The molecule has 2 saturated heterocycles. The van der Waals surface area contributed by atoms with Crippen molar-refractivity contribution in [2.45, 2.75) is 23.0 Å². The number of anilines is 2. The number of carbonyl (C=O) groups excluding carboxylic acids is 2. The number of aromatic nitrogens is 2. The molecule has 9 nitrogen and oxygen atoms in total. The molecule has 2 aliphatic heterocycles. The molecule has 1 aromatic heterocycles. The predicted molar refractivity (Wildman–Crippen MR) is 140 cm³/mol. The smallest absolute Gasteiger partial charge is 0.253 e. The zero-order valence-corrected chi connectivity index (χ0v) is 21.5. The number of benzene rings is 2. The topological polar surface area (TPSA) is 113 Å². The predicted octanol–water partition coefficient (Wildman–Crippen LogP) is 3.28. The summed E-state index contributed by atoms with van der Waals surface area (Å²) in [6, 6.07) is 16.7. The van der Waals surface area contributed by atoms with Crippen molar-refractivity contribution >= 4 is 44.8 Å². The first-order chi connectivity index (χ1) is 17.8. The van der Waals surface area contributed by atoms with Crippen LogP contribution in [0.2, 0.25) is 5.02 Å². The molecule has 0 unspecified atom stereocenters. The Balaban J connectivity index is 1.14. The maximum Gasteiger partial charge on any atom is 0.253 e. The lowest BCUT2D eigenvalue weighted by Gasteiger charge is -2.38. The maximum atomic E-state index is 13.2. The summed E-state index contributed by atoms with van der Waals surface area (Å²) < 4.78 is 26.4. The second-order valence-electron chi connectivity index (χ2n) is 9.24. The minimum absolute atomic E-state index is 0.118. The van der Waals surface area contributed by atoms with Crippen LogP contribution in [0.3, 0.4) is 0 Å². The van der Waals surface area contributed by atoms with E-state index in [4.69, 9.17) is 11.6 Å². The van der Waals surface area contributed by atoms with E-state index in [2.05, 4.69) is 15.5 Å². The standard InChI is InChI=1S/C26H26ClN5O4S/c27-20-4-1-3-18(15-20)26(34)31-13-10-23(11-14-31)37(35,36)22-8-6-21(7-9-22)29-25(33)19-16-32(17-19)24-5-2-12-28-30-24/h1-9,12,15,19,23H,10-11,13-14,16-17H2,(H,29,33). The van der Waals surface area contributed by atoms with Gasteiger partial charge in [0.05, 0.1) is 16.1 Å². The first-order valence-electron chi connectivity index (χ1n) is 12.0. The van der Waals surface area contributed by atoms with Gasteiger partial charge in [-0.3, -0.25) is 9.59 Å². The minimum atomic E-state index is -3.57. The molecule has 2 fully saturated rings. The Kier molecular flexibility index (Phi) is 7.12. The SMILES string of the molecule is O=C(Nc1ccc(S(=O)(=O)C2CCN(C(=O)c3cccc(Cl)c3)CC2)cc1)C1CN(c2cccnn2)C1. The molecular weight excluding hydrogens is 514 g/mol. The Labute approximate surface area is 220 Å². The molecular formula is C26H26ClN5O4S. The van der Waals surface area contributed by atoms with Gasteiger partial charge in [0.2, 0.25) is 5.91 Å². The van der Waals surface area contributed by atoms with Crippen molar-refractivity contribution < 1.29 is 18.0 Å². The first kappa shape index (κ1) is 25.2.